The normalized spacial score (nSPS) is 10.1. The molecule has 0 aliphatic heterocycles. The zero-order valence-corrected chi connectivity index (χ0v) is 10.9. The van der Waals surface area contributed by atoms with Crippen molar-refractivity contribution in [3.63, 3.8) is 0 Å². The quantitative estimate of drug-likeness (QED) is 0.816. The molecule has 0 aliphatic rings. The highest BCUT2D eigenvalue weighted by atomic mass is 79.9. The van der Waals surface area contributed by atoms with E-state index in [-0.39, 0.29) is 5.91 Å². The second-order valence-electron chi connectivity index (χ2n) is 3.46. The van der Waals surface area contributed by atoms with Gasteiger partial charge in [-0.15, -0.1) is 0 Å². The Hall–Kier alpha value is -0.870. The maximum absolute atomic E-state index is 11.4. The molecule has 4 heteroatoms. The maximum atomic E-state index is 11.4. The first-order valence-electron chi connectivity index (χ1n) is 5.23. The third kappa shape index (κ3) is 4.77. The molecule has 0 saturated carbocycles. The van der Waals surface area contributed by atoms with Crippen LogP contribution in [0.15, 0.2) is 28.7 Å². The molecule has 1 N–H and O–H groups in total. The molecule has 0 aliphatic carbocycles. The van der Waals surface area contributed by atoms with Gasteiger partial charge in [0.2, 0.25) is 5.91 Å². The molecule has 1 rings (SSSR count). The fourth-order valence-electron chi connectivity index (χ4n) is 1.30. The lowest BCUT2D eigenvalue weighted by atomic mass is 10.2. The van der Waals surface area contributed by atoms with Crippen molar-refractivity contribution in [2.45, 2.75) is 19.4 Å². The molecular weight excluding hydrogens is 270 g/mol. The van der Waals surface area contributed by atoms with E-state index in [1.807, 2.05) is 24.3 Å². The van der Waals surface area contributed by atoms with Gasteiger partial charge in [-0.3, -0.25) is 4.79 Å². The average Bonchev–Trinajstić information content (AvgIpc) is 2.28. The summed E-state index contributed by atoms with van der Waals surface area (Å²) in [6.07, 6.45) is 1.27. The minimum atomic E-state index is 0.0628. The lowest BCUT2D eigenvalue weighted by Crippen LogP contribution is -2.22. The zero-order valence-electron chi connectivity index (χ0n) is 9.33. The summed E-state index contributed by atoms with van der Waals surface area (Å²) in [5, 5.41) is 2.87. The standard InChI is InChI=1S/C12H16BrNO2/c1-16-8-4-7-12(15)14-9-10-5-2-3-6-11(10)13/h2-3,5-6H,4,7-9H2,1H3,(H,14,15). The van der Waals surface area contributed by atoms with E-state index in [1.165, 1.54) is 0 Å². The van der Waals surface area contributed by atoms with Gasteiger partial charge in [-0.1, -0.05) is 34.1 Å². The minimum absolute atomic E-state index is 0.0628. The monoisotopic (exact) mass is 285 g/mol. The molecule has 0 fully saturated rings. The van der Waals surface area contributed by atoms with Gasteiger partial charge in [-0.25, -0.2) is 0 Å². The Labute approximate surface area is 104 Å². The summed E-state index contributed by atoms with van der Waals surface area (Å²) in [4.78, 5) is 11.4. The van der Waals surface area contributed by atoms with Crippen LogP contribution >= 0.6 is 15.9 Å². The molecule has 0 atom stereocenters. The van der Waals surface area contributed by atoms with E-state index in [0.717, 1.165) is 16.5 Å². The van der Waals surface area contributed by atoms with E-state index < -0.39 is 0 Å². The van der Waals surface area contributed by atoms with Crippen molar-refractivity contribution in [3.05, 3.63) is 34.3 Å². The van der Waals surface area contributed by atoms with Gasteiger partial charge >= 0.3 is 0 Å². The van der Waals surface area contributed by atoms with Crippen molar-refractivity contribution >= 4 is 21.8 Å². The minimum Gasteiger partial charge on any atom is -0.385 e. The van der Waals surface area contributed by atoms with Crippen molar-refractivity contribution in [3.8, 4) is 0 Å². The molecule has 1 aromatic carbocycles. The molecule has 1 aromatic rings. The SMILES string of the molecule is COCCCC(=O)NCc1ccccc1Br. The Bertz CT molecular complexity index is 342. The van der Waals surface area contributed by atoms with Crippen LogP contribution in [0.25, 0.3) is 0 Å². The average molecular weight is 286 g/mol. The van der Waals surface area contributed by atoms with Crippen LogP contribution in [0.5, 0.6) is 0 Å². The Morgan fingerprint density at radius 1 is 1.44 bits per heavy atom. The summed E-state index contributed by atoms with van der Waals surface area (Å²) in [6.45, 7) is 1.19. The topological polar surface area (TPSA) is 38.3 Å². The number of ether oxygens (including phenoxy) is 1. The number of hydrogen-bond donors (Lipinski definition) is 1. The molecule has 0 spiro atoms. The second-order valence-corrected chi connectivity index (χ2v) is 4.32. The van der Waals surface area contributed by atoms with Crippen molar-refractivity contribution in [1.29, 1.82) is 0 Å². The van der Waals surface area contributed by atoms with Gasteiger partial charge in [0.25, 0.3) is 0 Å². The molecule has 0 aromatic heterocycles. The summed E-state index contributed by atoms with van der Waals surface area (Å²) in [5.74, 6) is 0.0628. The van der Waals surface area contributed by atoms with Crippen molar-refractivity contribution in [2.24, 2.45) is 0 Å². The molecule has 0 radical (unpaired) electrons. The molecule has 1 amide bonds. The first-order chi connectivity index (χ1) is 7.74. The van der Waals surface area contributed by atoms with Crippen LogP contribution in [-0.4, -0.2) is 19.6 Å². The van der Waals surface area contributed by atoms with Crippen molar-refractivity contribution in [2.75, 3.05) is 13.7 Å². The van der Waals surface area contributed by atoms with Gasteiger partial charge in [0.1, 0.15) is 0 Å². The zero-order chi connectivity index (χ0) is 11.8. The highest BCUT2D eigenvalue weighted by molar-refractivity contribution is 9.10. The maximum Gasteiger partial charge on any atom is 0.220 e. The van der Waals surface area contributed by atoms with E-state index >= 15 is 0 Å². The van der Waals surface area contributed by atoms with E-state index in [2.05, 4.69) is 21.2 Å². The second kappa shape index (κ2) is 7.41. The van der Waals surface area contributed by atoms with Gasteiger partial charge in [-0.05, 0) is 18.1 Å². The number of hydrogen-bond acceptors (Lipinski definition) is 2. The third-order valence-corrected chi connectivity index (χ3v) is 2.96. The molecule has 88 valence electrons. The Balaban J connectivity index is 2.29. The van der Waals surface area contributed by atoms with Gasteiger partial charge in [0.05, 0.1) is 0 Å². The molecule has 0 heterocycles. The van der Waals surface area contributed by atoms with Crippen LogP contribution < -0.4 is 5.32 Å². The summed E-state index contributed by atoms with van der Waals surface area (Å²) < 4.78 is 5.91. The van der Waals surface area contributed by atoms with Crippen LogP contribution in [-0.2, 0) is 16.1 Å². The van der Waals surface area contributed by atoms with Crippen LogP contribution in [0, 0.1) is 0 Å². The third-order valence-electron chi connectivity index (χ3n) is 2.19. The van der Waals surface area contributed by atoms with Gasteiger partial charge in [0, 0.05) is 31.2 Å². The summed E-state index contributed by atoms with van der Waals surface area (Å²) in [7, 11) is 1.64. The fourth-order valence-corrected chi connectivity index (χ4v) is 1.73. The number of methoxy groups -OCH3 is 1. The number of rotatable bonds is 6. The van der Waals surface area contributed by atoms with Gasteiger partial charge in [0.15, 0.2) is 0 Å². The van der Waals surface area contributed by atoms with Crippen LogP contribution in [0.1, 0.15) is 18.4 Å². The highest BCUT2D eigenvalue weighted by Gasteiger charge is 2.02. The number of carbonyl (C=O) groups excluding carboxylic acids is 1. The number of halogens is 1. The van der Waals surface area contributed by atoms with Crippen molar-refractivity contribution in [1.82, 2.24) is 5.32 Å². The van der Waals surface area contributed by atoms with Crippen LogP contribution in [0.4, 0.5) is 0 Å². The van der Waals surface area contributed by atoms with Gasteiger partial charge < -0.3 is 10.1 Å². The molecule has 0 bridgehead atoms. The predicted octanol–water partition coefficient (Wildman–Crippen LogP) is 2.49. The van der Waals surface area contributed by atoms with Crippen LogP contribution in [0.2, 0.25) is 0 Å². The molecular formula is C12H16BrNO2. The summed E-state index contributed by atoms with van der Waals surface area (Å²) in [5.41, 5.74) is 1.09. The number of carbonyl (C=O) groups is 1. The Morgan fingerprint density at radius 3 is 2.88 bits per heavy atom. The fraction of sp³-hybridized carbons (Fsp3) is 0.417. The number of benzene rings is 1. The van der Waals surface area contributed by atoms with Crippen molar-refractivity contribution < 1.29 is 9.53 Å². The summed E-state index contributed by atoms with van der Waals surface area (Å²) in [6, 6.07) is 7.86. The van der Waals surface area contributed by atoms with E-state index in [9.17, 15) is 4.79 Å². The first-order valence-corrected chi connectivity index (χ1v) is 6.02. The molecule has 16 heavy (non-hydrogen) atoms. The van der Waals surface area contributed by atoms with E-state index in [4.69, 9.17) is 4.74 Å². The number of amides is 1. The largest absolute Gasteiger partial charge is 0.385 e. The Morgan fingerprint density at radius 2 is 2.19 bits per heavy atom. The lowest BCUT2D eigenvalue weighted by molar-refractivity contribution is -0.121. The summed E-state index contributed by atoms with van der Waals surface area (Å²) >= 11 is 3.44. The first kappa shape index (κ1) is 13.2. The molecule has 0 saturated heterocycles. The smallest absolute Gasteiger partial charge is 0.220 e. The van der Waals surface area contributed by atoms with E-state index in [0.29, 0.717) is 19.6 Å². The lowest BCUT2D eigenvalue weighted by Gasteiger charge is -2.06. The molecule has 0 unspecified atom stereocenters. The predicted molar refractivity (Wildman–Crippen MR) is 67.1 cm³/mol. The number of nitrogens with one attached hydrogen (secondary N) is 1. The van der Waals surface area contributed by atoms with Crippen LogP contribution in [0.3, 0.4) is 0 Å². The van der Waals surface area contributed by atoms with E-state index in [1.54, 1.807) is 7.11 Å². The highest BCUT2D eigenvalue weighted by Crippen LogP contribution is 2.15. The van der Waals surface area contributed by atoms with Gasteiger partial charge in [-0.2, -0.15) is 0 Å². The molecule has 3 nitrogen and oxygen atoms in total. The Kier molecular flexibility index (Phi) is 6.11.